The Labute approximate surface area is 195 Å². The van der Waals surface area contributed by atoms with E-state index >= 15 is 8.78 Å². The fraction of sp³-hybridized carbons (Fsp3) is 0.391. The molecule has 1 saturated heterocycles. The van der Waals surface area contributed by atoms with E-state index in [2.05, 4.69) is 30.5 Å². The van der Waals surface area contributed by atoms with E-state index in [-0.39, 0.29) is 11.2 Å². The molecule has 3 aromatic rings. The minimum absolute atomic E-state index is 0.219. The summed E-state index contributed by atoms with van der Waals surface area (Å²) in [5.41, 5.74) is 1.18. The van der Waals surface area contributed by atoms with E-state index < -0.39 is 11.7 Å². The van der Waals surface area contributed by atoms with Crippen LogP contribution in [0.15, 0.2) is 53.3 Å². The normalized spacial score (nSPS) is 17.3. The fourth-order valence-corrected chi connectivity index (χ4v) is 3.86. The first-order chi connectivity index (χ1) is 16.5. The van der Waals surface area contributed by atoms with Crippen molar-refractivity contribution in [3.63, 3.8) is 0 Å². The third-order valence-corrected chi connectivity index (χ3v) is 5.74. The van der Waals surface area contributed by atoms with Gasteiger partial charge in [0.1, 0.15) is 18.2 Å². The van der Waals surface area contributed by atoms with Gasteiger partial charge in [-0.3, -0.25) is 4.90 Å². The number of amidine groups is 1. The first kappa shape index (κ1) is 22.4. The highest BCUT2D eigenvalue weighted by atomic mass is 19.3. The molecular weight excluding hydrogens is 444 g/mol. The van der Waals surface area contributed by atoms with Crippen molar-refractivity contribution < 1.29 is 18.3 Å². The van der Waals surface area contributed by atoms with Crippen LogP contribution >= 0.6 is 0 Å². The van der Waals surface area contributed by atoms with Crippen molar-refractivity contribution >= 4 is 11.5 Å². The Hall–Kier alpha value is -3.44. The summed E-state index contributed by atoms with van der Waals surface area (Å²) in [7, 11) is 0. The molecule has 34 heavy (non-hydrogen) atoms. The van der Waals surface area contributed by atoms with Crippen molar-refractivity contribution in [3.05, 3.63) is 71.0 Å². The van der Waals surface area contributed by atoms with Gasteiger partial charge in [0.2, 0.25) is 5.82 Å². The van der Waals surface area contributed by atoms with Gasteiger partial charge in [-0.05, 0) is 25.1 Å². The second-order valence-electron chi connectivity index (χ2n) is 8.15. The van der Waals surface area contributed by atoms with Gasteiger partial charge in [0, 0.05) is 30.8 Å². The molecule has 5 rings (SSSR count). The molecule has 9 nitrogen and oxygen atoms in total. The molecule has 2 aliphatic heterocycles. The summed E-state index contributed by atoms with van der Waals surface area (Å²) in [5, 5.41) is 14.9. The van der Waals surface area contributed by atoms with E-state index in [1.807, 2.05) is 0 Å². The largest absolute Gasteiger partial charge is 0.493 e. The van der Waals surface area contributed by atoms with Gasteiger partial charge in [-0.2, -0.15) is 18.4 Å². The number of hydrogen-bond acceptors (Lipinski definition) is 8. The fourth-order valence-electron chi connectivity index (χ4n) is 3.86. The average Bonchev–Trinajstić information content (AvgIpc) is 3.29. The lowest BCUT2D eigenvalue weighted by Crippen LogP contribution is -2.38. The molecular formula is C23H25F2N7O2. The Kier molecular flexibility index (Phi) is 6.20. The molecule has 2 aliphatic rings. The van der Waals surface area contributed by atoms with Gasteiger partial charge in [0.05, 0.1) is 31.7 Å². The summed E-state index contributed by atoms with van der Waals surface area (Å²) in [4.78, 5) is 6.68. The molecule has 0 aliphatic carbocycles. The zero-order valence-electron chi connectivity index (χ0n) is 18.7. The topological polar surface area (TPSA) is 89.2 Å². The van der Waals surface area contributed by atoms with Gasteiger partial charge in [-0.15, -0.1) is 10.2 Å². The number of rotatable bonds is 7. The quantitative estimate of drug-likeness (QED) is 0.567. The van der Waals surface area contributed by atoms with Gasteiger partial charge in [0.15, 0.2) is 5.65 Å². The van der Waals surface area contributed by atoms with Gasteiger partial charge >= 0.3 is 5.92 Å². The molecule has 0 spiro atoms. The average molecular weight is 469 g/mol. The van der Waals surface area contributed by atoms with Crippen molar-refractivity contribution in [3.8, 4) is 0 Å². The van der Waals surface area contributed by atoms with E-state index in [1.165, 1.54) is 12.1 Å². The van der Waals surface area contributed by atoms with Crippen LogP contribution in [-0.4, -0.2) is 76.5 Å². The molecule has 0 radical (unpaired) electrons. The van der Waals surface area contributed by atoms with Crippen LogP contribution in [-0.2, 0) is 15.4 Å². The third-order valence-electron chi connectivity index (χ3n) is 5.74. The second-order valence-corrected chi connectivity index (χ2v) is 8.15. The minimum atomic E-state index is -3.39. The number of fused-ring (bicyclic) bond motifs is 1. The van der Waals surface area contributed by atoms with Gasteiger partial charge in [-0.1, -0.05) is 18.2 Å². The number of nitrogens with zero attached hydrogens (tertiary/aromatic N) is 6. The van der Waals surface area contributed by atoms with E-state index in [1.54, 1.807) is 37.4 Å². The highest BCUT2D eigenvalue weighted by Gasteiger charge is 2.40. The highest BCUT2D eigenvalue weighted by Crippen LogP contribution is 2.34. The van der Waals surface area contributed by atoms with Gasteiger partial charge in [-0.25, -0.2) is 4.99 Å². The second kappa shape index (κ2) is 9.43. The predicted molar refractivity (Wildman–Crippen MR) is 121 cm³/mol. The van der Waals surface area contributed by atoms with Crippen molar-refractivity contribution in [2.75, 3.05) is 46.0 Å². The number of halogens is 2. The number of morpholine rings is 1. The van der Waals surface area contributed by atoms with Crippen LogP contribution in [0.3, 0.4) is 0 Å². The summed E-state index contributed by atoms with van der Waals surface area (Å²) in [6, 6.07) is 9.38. The van der Waals surface area contributed by atoms with Crippen LogP contribution in [0.1, 0.15) is 22.6 Å². The molecule has 11 heteroatoms. The number of hydrogen-bond donors (Lipinski definition) is 1. The van der Waals surface area contributed by atoms with Crippen LogP contribution in [0.2, 0.25) is 0 Å². The lowest BCUT2D eigenvalue weighted by molar-refractivity contribution is 0.0272. The van der Waals surface area contributed by atoms with E-state index in [4.69, 9.17) is 9.47 Å². The molecule has 0 bridgehead atoms. The minimum Gasteiger partial charge on any atom is -0.493 e. The molecule has 1 N–H and O–H groups in total. The number of nitrogens with one attached hydrogen (secondary N) is 1. The summed E-state index contributed by atoms with van der Waals surface area (Å²) in [5.74, 6) is -2.72. The maximum atomic E-state index is 15.4. The van der Waals surface area contributed by atoms with Crippen LogP contribution in [0.25, 0.3) is 5.65 Å². The molecule has 178 valence electrons. The number of benzene rings is 1. The summed E-state index contributed by atoms with van der Waals surface area (Å²) in [6.07, 6.45) is 1.63. The monoisotopic (exact) mass is 469 g/mol. The van der Waals surface area contributed by atoms with Crippen molar-refractivity contribution in [2.45, 2.75) is 12.8 Å². The zero-order chi connectivity index (χ0) is 23.5. The Balaban J connectivity index is 1.30. The Bertz CT molecular complexity index is 1240. The van der Waals surface area contributed by atoms with Crippen LogP contribution in [0, 0.1) is 6.92 Å². The summed E-state index contributed by atoms with van der Waals surface area (Å²) < 4.78 is 43.1. The van der Waals surface area contributed by atoms with Crippen LogP contribution in [0.5, 0.6) is 0 Å². The van der Waals surface area contributed by atoms with Crippen molar-refractivity contribution in [1.82, 2.24) is 30.0 Å². The first-order valence-electron chi connectivity index (χ1n) is 11.1. The Morgan fingerprint density at radius 3 is 2.79 bits per heavy atom. The molecule has 2 aromatic heterocycles. The molecule has 1 aromatic carbocycles. The highest BCUT2D eigenvalue weighted by molar-refractivity contribution is 5.99. The molecule has 0 atom stereocenters. The Morgan fingerprint density at radius 2 is 2.00 bits per heavy atom. The van der Waals surface area contributed by atoms with Gasteiger partial charge < -0.3 is 14.8 Å². The van der Waals surface area contributed by atoms with Crippen molar-refractivity contribution in [2.24, 2.45) is 4.99 Å². The van der Waals surface area contributed by atoms with Crippen molar-refractivity contribution in [1.29, 1.82) is 0 Å². The lowest BCUT2D eigenvalue weighted by Gasteiger charge is -2.26. The number of ether oxygens (including phenoxy) is 2. The van der Waals surface area contributed by atoms with Gasteiger partial charge in [0.25, 0.3) is 0 Å². The third kappa shape index (κ3) is 4.62. The number of alkyl halides is 2. The Morgan fingerprint density at radius 1 is 1.15 bits per heavy atom. The van der Waals surface area contributed by atoms with Crippen LogP contribution < -0.4 is 5.32 Å². The smallest absolute Gasteiger partial charge is 0.333 e. The molecule has 0 saturated carbocycles. The number of aryl methyl sites for hydroxylation is 1. The molecule has 0 unspecified atom stereocenters. The zero-order valence-corrected chi connectivity index (χ0v) is 18.7. The first-order valence-corrected chi connectivity index (χ1v) is 11.1. The maximum Gasteiger partial charge on any atom is 0.333 e. The van der Waals surface area contributed by atoms with Crippen LogP contribution in [0.4, 0.5) is 8.78 Å². The SMILES string of the molecule is Cc1ccc2nnc(C(F)(F)c3cccc(C4=NC=C(OCCN5CCOCC5)CN4)c3)n2n1. The lowest BCUT2D eigenvalue weighted by atomic mass is 10.0. The molecule has 1 fully saturated rings. The molecule has 4 heterocycles. The molecule has 0 amide bonds. The number of aromatic nitrogens is 4. The van der Waals surface area contributed by atoms with E-state index in [0.29, 0.717) is 36.0 Å². The van der Waals surface area contributed by atoms with E-state index in [0.717, 1.165) is 37.4 Å². The number of aliphatic imine (C=N–C) groups is 1. The van der Waals surface area contributed by atoms with E-state index in [9.17, 15) is 0 Å². The standard InChI is InChI=1S/C23H25F2N7O2/c1-16-5-6-20-28-29-22(32(20)30-16)23(24,25)18-4-2-3-17(13-18)21-26-14-19(15-27-21)34-12-9-31-7-10-33-11-8-31/h2-6,13-14H,7-12,15H2,1H3,(H,26,27). The predicted octanol–water partition coefficient (Wildman–Crippen LogP) is 2.11. The summed E-state index contributed by atoms with van der Waals surface area (Å²) in [6.45, 7) is 6.84. The maximum absolute atomic E-state index is 15.4. The summed E-state index contributed by atoms with van der Waals surface area (Å²) >= 11 is 0.